The Morgan fingerprint density at radius 3 is 2.62 bits per heavy atom. The number of hydrogen-bond acceptors (Lipinski definition) is 1. The number of Topliss-reactive ketones (excluding diaryl/α,β-unsaturated/α-hetero) is 1. The minimum absolute atomic E-state index is 0.406. The van der Waals surface area contributed by atoms with Gasteiger partial charge in [0.05, 0.1) is 0 Å². The lowest BCUT2D eigenvalue weighted by atomic mass is 9.92. The van der Waals surface area contributed by atoms with Crippen molar-refractivity contribution in [3.8, 4) is 0 Å². The molecule has 1 nitrogen and oxygen atoms in total. The van der Waals surface area contributed by atoms with Gasteiger partial charge in [-0.3, -0.25) is 4.79 Å². The molecule has 0 aliphatic heterocycles. The highest BCUT2D eigenvalue weighted by atomic mass is 16.1. The summed E-state index contributed by atoms with van der Waals surface area (Å²) in [5.74, 6) is 2.30. The topological polar surface area (TPSA) is 17.1 Å². The van der Waals surface area contributed by atoms with Gasteiger partial charge >= 0.3 is 0 Å². The molecule has 1 heteroatoms. The zero-order valence-corrected chi connectivity index (χ0v) is 9.18. The first-order valence-electron chi connectivity index (χ1n) is 5.66. The van der Waals surface area contributed by atoms with E-state index in [-0.39, 0.29) is 0 Å². The maximum atomic E-state index is 11.8. The van der Waals surface area contributed by atoms with Crippen molar-refractivity contribution in [3.63, 3.8) is 0 Å². The molecule has 3 atom stereocenters. The Bertz CT molecular complexity index is 174. The molecule has 0 heterocycles. The maximum Gasteiger partial charge on any atom is 0.136 e. The predicted octanol–water partition coefficient (Wildman–Crippen LogP) is 3.43. The molecule has 0 spiro atoms. The molecular weight excluding hydrogens is 160 g/mol. The summed E-state index contributed by atoms with van der Waals surface area (Å²) >= 11 is 0. The Hall–Kier alpha value is -0.330. The Balaban J connectivity index is 2.31. The zero-order chi connectivity index (χ0) is 9.84. The van der Waals surface area contributed by atoms with Gasteiger partial charge in [-0.1, -0.05) is 27.2 Å². The first-order chi connectivity index (χ1) is 6.13. The summed E-state index contributed by atoms with van der Waals surface area (Å²) < 4.78 is 0. The second kappa shape index (κ2) is 4.78. The van der Waals surface area contributed by atoms with Crippen LogP contribution in [0.15, 0.2) is 0 Å². The van der Waals surface area contributed by atoms with E-state index in [0.29, 0.717) is 17.6 Å². The molecule has 0 N–H and O–H groups in total. The molecular formula is C12H22O. The normalized spacial score (nSPS) is 30.4. The standard InChI is InChI=1S/C12H22O/c1-4-9(2)8-12(13)11-6-5-10(3)7-11/h9-11H,4-8H2,1-3H3. The fourth-order valence-corrected chi connectivity index (χ4v) is 2.15. The van der Waals surface area contributed by atoms with Crippen molar-refractivity contribution in [1.82, 2.24) is 0 Å². The smallest absolute Gasteiger partial charge is 0.136 e. The number of carbonyl (C=O) groups is 1. The summed E-state index contributed by atoms with van der Waals surface area (Å²) in [4.78, 5) is 11.8. The molecule has 0 aromatic carbocycles. The summed E-state index contributed by atoms with van der Waals surface area (Å²) in [7, 11) is 0. The maximum absolute atomic E-state index is 11.8. The summed E-state index contributed by atoms with van der Waals surface area (Å²) in [6.45, 7) is 6.60. The van der Waals surface area contributed by atoms with Gasteiger partial charge in [0.15, 0.2) is 0 Å². The average Bonchev–Trinajstić information content (AvgIpc) is 2.51. The molecule has 0 amide bonds. The molecule has 0 aromatic heterocycles. The fraction of sp³-hybridized carbons (Fsp3) is 0.917. The van der Waals surface area contributed by atoms with Crippen LogP contribution in [0, 0.1) is 17.8 Å². The third kappa shape index (κ3) is 3.13. The lowest BCUT2D eigenvalue weighted by Gasteiger charge is -2.11. The Kier molecular flexibility index (Phi) is 3.95. The lowest BCUT2D eigenvalue weighted by Crippen LogP contribution is -2.14. The van der Waals surface area contributed by atoms with Crippen molar-refractivity contribution < 1.29 is 4.79 Å². The molecule has 0 saturated heterocycles. The number of hydrogen-bond donors (Lipinski definition) is 0. The third-order valence-electron chi connectivity index (χ3n) is 3.40. The van der Waals surface area contributed by atoms with E-state index >= 15 is 0 Å². The van der Waals surface area contributed by atoms with Crippen LogP contribution in [0.4, 0.5) is 0 Å². The van der Waals surface area contributed by atoms with E-state index in [0.717, 1.165) is 31.6 Å². The first-order valence-corrected chi connectivity index (χ1v) is 5.66. The van der Waals surface area contributed by atoms with Crippen LogP contribution in [0.5, 0.6) is 0 Å². The van der Waals surface area contributed by atoms with Crippen molar-refractivity contribution in [2.24, 2.45) is 17.8 Å². The quantitative estimate of drug-likeness (QED) is 0.651. The number of carbonyl (C=O) groups excluding carboxylic acids is 1. The molecule has 1 fully saturated rings. The summed E-state index contributed by atoms with van der Waals surface area (Å²) in [6, 6.07) is 0. The van der Waals surface area contributed by atoms with Gasteiger partial charge in [-0.15, -0.1) is 0 Å². The summed E-state index contributed by atoms with van der Waals surface area (Å²) in [5.41, 5.74) is 0. The van der Waals surface area contributed by atoms with Gasteiger partial charge in [-0.2, -0.15) is 0 Å². The largest absolute Gasteiger partial charge is 0.299 e. The van der Waals surface area contributed by atoms with E-state index in [1.807, 2.05) is 0 Å². The van der Waals surface area contributed by atoms with E-state index in [4.69, 9.17) is 0 Å². The van der Waals surface area contributed by atoms with Gasteiger partial charge in [0, 0.05) is 12.3 Å². The van der Waals surface area contributed by atoms with Crippen molar-refractivity contribution in [3.05, 3.63) is 0 Å². The van der Waals surface area contributed by atoms with Crippen LogP contribution < -0.4 is 0 Å². The van der Waals surface area contributed by atoms with Crippen LogP contribution in [0.3, 0.4) is 0 Å². The van der Waals surface area contributed by atoms with Gasteiger partial charge in [-0.25, -0.2) is 0 Å². The molecule has 1 aliphatic rings. The number of rotatable bonds is 4. The van der Waals surface area contributed by atoms with E-state index in [2.05, 4.69) is 20.8 Å². The van der Waals surface area contributed by atoms with Gasteiger partial charge in [0.25, 0.3) is 0 Å². The second-order valence-corrected chi connectivity index (χ2v) is 4.80. The lowest BCUT2D eigenvalue weighted by molar-refractivity contribution is -0.123. The minimum Gasteiger partial charge on any atom is -0.299 e. The molecule has 13 heavy (non-hydrogen) atoms. The van der Waals surface area contributed by atoms with Crippen LogP contribution >= 0.6 is 0 Å². The van der Waals surface area contributed by atoms with Gasteiger partial charge in [0.1, 0.15) is 5.78 Å². The van der Waals surface area contributed by atoms with Crippen molar-refractivity contribution in [1.29, 1.82) is 0 Å². The Labute approximate surface area is 81.9 Å². The molecule has 1 saturated carbocycles. The molecule has 1 aliphatic carbocycles. The summed E-state index contributed by atoms with van der Waals surface area (Å²) in [5, 5.41) is 0. The van der Waals surface area contributed by atoms with Crippen LogP contribution in [0.25, 0.3) is 0 Å². The highest BCUT2D eigenvalue weighted by Crippen LogP contribution is 2.32. The molecule has 0 radical (unpaired) electrons. The monoisotopic (exact) mass is 182 g/mol. The van der Waals surface area contributed by atoms with Gasteiger partial charge in [0.2, 0.25) is 0 Å². The minimum atomic E-state index is 0.406. The molecule has 76 valence electrons. The molecule has 0 aromatic rings. The summed E-state index contributed by atoms with van der Waals surface area (Å²) in [6.07, 6.45) is 5.50. The first kappa shape index (κ1) is 10.7. The predicted molar refractivity (Wildman–Crippen MR) is 55.6 cm³/mol. The number of ketones is 1. The zero-order valence-electron chi connectivity index (χ0n) is 9.18. The second-order valence-electron chi connectivity index (χ2n) is 4.80. The van der Waals surface area contributed by atoms with Crippen molar-refractivity contribution in [2.45, 2.75) is 52.9 Å². The highest BCUT2D eigenvalue weighted by Gasteiger charge is 2.27. The average molecular weight is 182 g/mol. The van der Waals surface area contributed by atoms with E-state index in [1.54, 1.807) is 0 Å². The van der Waals surface area contributed by atoms with Crippen molar-refractivity contribution in [2.75, 3.05) is 0 Å². The molecule has 0 bridgehead atoms. The highest BCUT2D eigenvalue weighted by molar-refractivity contribution is 5.81. The Morgan fingerprint density at radius 2 is 2.15 bits per heavy atom. The SMILES string of the molecule is CCC(C)CC(=O)C1CCC(C)C1. The van der Waals surface area contributed by atoms with Crippen LogP contribution in [-0.2, 0) is 4.79 Å². The van der Waals surface area contributed by atoms with E-state index in [1.165, 1.54) is 6.42 Å². The van der Waals surface area contributed by atoms with Gasteiger partial charge in [-0.05, 0) is 31.1 Å². The fourth-order valence-electron chi connectivity index (χ4n) is 2.15. The van der Waals surface area contributed by atoms with E-state index in [9.17, 15) is 4.79 Å². The molecule has 1 rings (SSSR count). The van der Waals surface area contributed by atoms with Crippen LogP contribution in [0.1, 0.15) is 52.9 Å². The Morgan fingerprint density at radius 1 is 1.46 bits per heavy atom. The molecule has 3 unspecified atom stereocenters. The van der Waals surface area contributed by atoms with Crippen molar-refractivity contribution >= 4 is 5.78 Å². The van der Waals surface area contributed by atoms with Crippen LogP contribution in [-0.4, -0.2) is 5.78 Å². The third-order valence-corrected chi connectivity index (χ3v) is 3.40. The van der Waals surface area contributed by atoms with E-state index < -0.39 is 0 Å². The van der Waals surface area contributed by atoms with Gasteiger partial charge < -0.3 is 0 Å². The van der Waals surface area contributed by atoms with Crippen LogP contribution in [0.2, 0.25) is 0 Å².